The molecule has 0 saturated heterocycles. The van der Waals surface area contributed by atoms with Crippen molar-refractivity contribution in [1.82, 2.24) is 25.2 Å². The highest BCUT2D eigenvalue weighted by molar-refractivity contribution is 6.28. The highest BCUT2D eigenvalue weighted by atomic mass is 35.5. The SMILES string of the molecule is C=CNc1nc(Cl)[nH]c1C(=C)N(CCCCC)CCCCC(=C)NCc1ccc(CC)nc1. The second-order valence-corrected chi connectivity index (χ2v) is 8.52. The Morgan fingerprint density at radius 3 is 2.55 bits per heavy atom. The number of rotatable bonds is 17. The van der Waals surface area contributed by atoms with E-state index < -0.39 is 0 Å². The summed E-state index contributed by atoms with van der Waals surface area (Å²) in [4.78, 5) is 14.2. The van der Waals surface area contributed by atoms with Crippen molar-refractivity contribution in [2.45, 2.75) is 65.3 Å². The lowest BCUT2D eigenvalue weighted by atomic mass is 10.1. The van der Waals surface area contributed by atoms with Crippen molar-refractivity contribution in [2.24, 2.45) is 0 Å². The van der Waals surface area contributed by atoms with Crippen molar-refractivity contribution in [1.29, 1.82) is 0 Å². The molecule has 3 N–H and O–H groups in total. The van der Waals surface area contributed by atoms with Gasteiger partial charge in [0.05, 0.1) is 5.70 Å². The van der Waals surface area contributed by atoms with Gasteiger partial charge in [0.15, 0.2) is 5.82 Å². The van der Waals surface area contributed by atoms with E-state index in [1.54, 1.807) is 6.20 Å². The number of H-pyrrole nitrogens is 1. The number of nitrogens with zero attached hydrogens (tertiary/aromatic N) is 3. The van der Waals surface area contributed by atoms with Crippen molar-refractivity contribution >= 4 is 23.1 Å². The zero-order valence-electron chi connectivity index (χ0n) is 20.2. The summed E-state index contributed by atoms with van der Waals surface area (Å²) < 4.78 is 0. The van der Waals surface area contributed by atoms with E-state index in [-0.39, 0.29) is 0 Å². The van der Waals surface area contributed by atoms with Gasteiger partial charge in [0.1, 0.15) is 5.69 Å². The third kappa shape index (κ3) is 8.97. The fraction of sp³-hybridized carbons (Fsp3) is 0.462. The minimum Gasteiger partial charge on any atom is -0.385 e. The van der Waals surface area contributed by atoms with E-state index in [0.29, 0.717) is 11.1 Å². The molecule has 0 aromatic carbocycles. The lowest BCUT2D eigenvalue weighted by molar-refractivity contribution is 0.372. The molecule has 0 aliphatic heterocycles. The monoisotopic (exact) mass is 470 g/mol. The molecule has 2 heterocycles. The summed E-state index contributed by atoms with van der Waals surface area (Å²) in [6.45, 7) is 19.2. The van der Waals surface area contributed by atoms with Gasteiger partial charge < -0.3 is 20.5 Å². The molecule has 2 aromatic heterocycles. The summed E-state index contributed by atoms with van der Waals surface area (Å²) >= 11 is 6.11. The zero-order valence-corrected chi connectivity index (χ0v) is 21.0. The first-order valence-electron chi connectivity index (χ1n) is 11.9. The Kier molecular flexibility index (Phi) is 11.6. The van der Waals surface area contributed by atoms with Crippen LogP contribution in [-0.2, 0) is 13.0 Å². The molecule has 6 nitrogen and oxygen atoms in total. The molecule has 0 spiro atoms. The van der Waals surface area contributed by atoms with E-state index in [9.17, 15) is 0 Å². The minimum atomic E-state index is 0.339. The van der Waals surface area contributed by atoms with Crippen molar-refractivity contribution in [2.75, 3.05) is 18.4 Å². The Bertz CT molecular complexity index is 887. The average Bonchev–Trinajstić information content (AvgIpc) is 3.19. The normalized spacial score (nSPS) is 10.6. The van der Waals surface area contributed by atoms with Gasteiger partial charge in [-0.05, 0) is 61.5 Å². The van der Waals surface area contributed by atoms with Gasteiger partial charge in [0.2, 0.25) is 5.28 Å². The number of anilines is 1. The van der Waals surface area contributed by atoms with Crippen LogP contribution < -0.4 is 10.6 Å². The topological polar surface area (TPSA) is 68.9 Å². The lowest BCUT2D eigenvalue weighted by Gasteiger charge is -2.27. The first kappa shape index (κ1) is 26.5. The largest absolute Gasteiger partial charge is 0.385 e. The quantitative estimate of drug-likeness (QED) is 0.230. The third-order valence-corrected chi connectivity index (χ3v) is 5.74. The minimum absolute atomic E-state index is 0.339. The molecule has 0 amide bonds. The molecule has 0 aliphatic rings. The van der Waals surface area contributed by atoms with Crippen LogP contribution in [0, 0.1) is 0 Å². The van der Waals surface area contributed by atoms with Gasteiger partial charge >= 0.3 is 0 Å². The number of hydrogen-bond acceptors (Lipinski definition) is 5. The van der Waals surface area contributed by atoms with E-state index in [2.05, 4.69) is 76.2 Å². The predicted molar refractivity (Wildman–Crippen MR) is 141 cm³/mol. The Morgan fingerprint density at radius 1 is 1.15 bits per heavy atom. The molecule has 7 heteroatoms. The van der Waals surface area contributed by atoms with Crippen LogP contribution in [0.5, 0.6) is 0 Å². The molecule has 33 heavy (non-hydrogen) atoms. The number of halogens is 1. The number of aromatic amines is 1. The lowest BCUT2D eigenvalue weighted by Crippen LogP contribution is -2.25. The van der Waals surface area contributed by atoms with E-state index in [4.69, 9.17) is 11.6 Å². The first-order chi connectivity index (χ1) is 16.0. The second kappa shape index (κ2) is 14.4. The van der Waals surface area contributed by atoms with Gasteiger partial charge in [-0.2, -0.15) is 4.98 Å². The van der Waals surface area contributed by atoms with Crippen molar-refractivity contribution in [3.63, 3.8) is 0 Å². The van der Waals surface area contributed by atoms with Crippen LogP contribution in [0.3, 0.4) is 0 Å². The predicted octanol–water partition coefficient (Wildman–Crippen LogP) is 6.51. The number of hydrogen-bond donors (Lipinski definition) is 3. The standard InChI is InChI=1S/C26H39ClN6/c1-6-9-11-16-33(21(5)24-25(28-8-3)32-26(27)31-24)17-12-10-13-20(4)29-18-22-14-15-23(7-2)30-19-22/h8,14-15,19,28-29H,3-7,9-13,16-18H2,1-2H3,(H,31,32). The van der Waals surface area contributed by atoms with Crippen LogP contribution >= 0.6 is 11.6 Å². The van der Waals surface area contributed by atoms with Crippen LogP contribution in [0.15, 0.2) is 50.0 Å². The molecule has 180 valence electrons. The van der Waals surface area contributed by atoms with Crippen LogP contribution in [0.4, 0.5) is 5.82 Å². The van der Waals surface area contributed by atoms with Gasteiger partial charge in [-0.25, -0.2) is 0 Å². The maximum Gasteiger partial charge on any atom is 0.202 e. The van der Waals surface area contributed by atoms with Crippen LogP contribution in [0.2, 0.25) is 5.28 Å². The molecule has 0 fully saturated rings. The van der Waals surface area contributed by atoms with Crippen LogP contribution in [-0.4, -0.2) is 32.9 Å². The van der Waals surface area contributed by atoms with Crippen molar-refractivity contribution < 1.29 is 0 Å². The number of aryl methyl sites for hydroxylation is 1. The number of aromatic nitrogens is 3. The molecule has 2 rings (SSSR count). The highest BCUT2D eigenvalue weighted by Crippen LogP contribution is 2.26. The Balaban J connectivity index is 1.83. The summed E-state index contributed by atoms with van der Waals surface area (Å²) in [7, 11) is 0. The second-order valence-electron chi connectivity index (χ2n) is 8.17. The Hall–Kier alpha value is -2.73. The van der Waals surface area contributed by atoms with E-state index in [1.165, 1.54) is 18.4 Å². The molecule has 0 atom stereocenters. The summed E-state index contributed by atoms with van der Waals surface area (Å²) in [5.41, 5.74) is 5.06. The third-order valence-electron chi connectivity index (χ3n) is 5.56. The van der Waals surface area contributed by atoms with E-state index >= 15 is 0 Å². The molecule has 0 bridgehead atoms. The average molecular weight is 471 g/mol. The summed E-state index contributed by atoms with van der Waals surface area (Å²) in [6, 6.07) is 4.21. The summed E-state index contributed by atoms with van der Waals surface area (Å²) in [6.07, 6.45) is 11.0. The maximum atomic E-state index is 6.11. The Morgan fingerprint density at radius 2 is 1.91 bits per heavy atom. The summed E-state index contributed by atoms with van der Waals surface area (Å²) in [5.74, 6) is 0.652. The molecule has 2 aromatic rings. The molecule has 0 unspecified atom stereocenters. The first-order valence-corrected chi connectivity index (χ1v) is 12.3. The number of unbranched alkanes of at least 4 members (excludes halogenated alkanes) is 3. The van der Waals surface area contributed by atoms with Crippen molar-refractivity contribution in [3.05, 3.63) is 72.2 Å². The fourth-order valence-electron chi connectivity index (χ4n) is 3.57. The van der Waals surface area contributed by atoms with E-state index in [0.717, 1.165) is 74.5 Å². The smallest absolute Gasteiger partial charge is 0.202 e. The number of pyridine rings is 1. The van der Waals surface area contributed by atoms with E-state index in [1.807, 2.05) is 6.20 Å². The number of imidazole rings is 1. The van der Waals surface area contributed by atoms with Crippen LogP contribution in [0.1, 0.15) is 69.3 Å². The number of allylic oxidation sites excluding steroid dienone is 1. The molecule has 0 saturated carbocycles. The number of nitrogens with one attached hydrogen (secondary N) is 3. The summed E-state index contributed by atoms with van der Waals surface area (Å²) in [5, 5.41) is 6.81. The highest BCUT2D eigenvalue weighted by Gasteiger charge is 2.17. The van der Waals surface area contributed by atoms with Gasteiger partial charge in [-0.3, -0.25) is 4.98 Å². The molecule has 0 radical (unpaired) electrons. The van der Waals surface area contributed by atoms with Crippen LogP contribution in [0.25, 0.3) is 5.70 Å². The van der Waals surface area contributed by atoms with Gasteiger partial charge in [0, 0.05) is 37.2 Å². The molecular formula is C26H39ClN6. The molecular weight excluding hydrogens is 432 g/mol. The van der Waals surface area contributed by atoms with Crippen molar-refractivity contribution in [3.8, 4) is 0 Å². The van der Waals surface area contributed by atoms with Gasteiger partial charge in [-0.1, -0.05) is 52.5 Å². The fourth-order valence-corrected chi connectivity index (χ4v) is 3.75. The van der Waals surface area contributed by atoms with Gasteiger partial charge in [-0.15, -0.1) is 0 Å². The Labute approximate surface area is 204 Å². The van der Waals surface area contributed by atoms with Gasteiger partial charge in [0.25, 0.3) is 0 Å². The zero-order chi connectivity index (χ0) is 24.1. The maximum absolute atomic E-state index is 6.11. The molecule has 0 aliphatic carbocycles.